The van der Waals surface area contributed by atoms with E-state index in [9.17, 15) is 9.90 Å². The fraction of sp³-hybridized carbons (Fsp3) is 0.412. The van der Waals surface area contributed by atoms with E-state index in [0.717, 1.165) is 10.7 Å². The minimum absolute atomic E-state index is 0.00691. The summed E-state index contributed by atoms with van der Waals surface area (Å²) in [7, 11) is 1.54. The summed E-state index contributed by atoms with van der Waals surface area (Å²) in [4.78, 5) is 16.6. The molecule has 0 aliphatic rings. The second-order valence-electron chi connectivity index (χ2n) is 6.29. The van der Waals surface area contributed by atoms with Crippen LogP contribution < -0.4 is 10.1 Å². The number of rotatable bonds is 5. The number of nitrogens with zero attached hydrogens (tertiary/aromatic N) is 1. The highest BCUT2D eigenvalue weighted by Crippen LogP contribution is 2.25. The number of nitrogens with one attached hydrogen (secondary N) is 1. The Morgan fingerprint density at radius 2 is 2.17 bits per heavy atom. The van der Waals surface area contributed by atoms with E-state index in [1.54, 1.807) is 42.7 Å². The standard InChI is InChI=1S/C17H22N2O3S/c1-17(2,3)16-19-12(10-23-16)9-18-15(21)14(20)11-6-5-7-13(8-11)22-4/h5-8,10,14,20H,9H2,1-4H3,(H,18,21)/t14-/m0/s1. The molecule has 0 aliphatic carbocycles. The van der Waals surface area contributed by atoms with Gasteiger partial charge in [-0.05, 0) is 17.7 Å². The Balaban J connectivity index is 1.97. The lowest BCUT2D eigenvalue weighted by molar-refractivity contribution is -0.129. The van der Waals surface area contributed by atoms with Gasteiger partial charge in [0.2, 0.25) is 0 Å². The number of thiazole rings is 1. The topological polar surface area (TPSA) is 71.5 Å². The van der Waals surface area contributed by atoms with Gasteiger partial charge >= 0.3 is 0 Å². The molecule has 0 spiro atoms. The molecule has 0 saturated carbocycles. The van der Waals surface area contributed by atoms with Crippen molar-refractivity contribution in [1.29, 1.82) is 0 Å². The molecule has 23 heavy (non-hydrogen) atoms. The molecule has 1 atom stereocenters. The average molecular weight is 334 g/mol. The van der Waals surface area contributed by atoms with E-state index in [-0.39, 0.29) is 5.41 Å². The smallest absolute Gasteiger partial charge is 0.253 e. The van der Waals surface area contributed by atoms with Crippen molar-refractivity contribution in [2.75, 3.05) is 7.11 Å². The molecule has 6 heteroatoms. The highest BCUT2D eigenvalue weighted by molar-refractivity contribution is 7.09. The first kappa shape index (κ1) is 17.4. The molecule has 0 aliphatic heterocycles. The van der Waals surface area contributed by atoms with E-state index in [0.29, 0.717) is 17.9 Å². The van der Waals surface area contributed by atoms with Crippen molar-refractivity contribution in [2.45, 2.75) is 38.8 Å². The van der Waals surface area contributed by atoms with E-state index in [1.807, 2.05) is 5.38 Å². The average Bonchev–Trinajstić information content (AvgIpc) is 3.01. The zero-order chi connectivity index (χ0) is 17.0. The van der Waals surface area contributed by atoms with Crippen LogP contribution in [0.25, 0.3) is 0 Å². The number of hydrogen-bond donors (Lipinski definition) is 2. The lowest BCUT2D eigenvalue weighted by Crippen LogP contribution is -2.29. The molecule has 2 N–H and O–H groups in total. The SMILES string of the molecule is COc1cccc([C@H](O)C(=O)NCc2csc(C(C)(C)C)n2)c1. The number of carbonyl (C=O) groups excluding carboxylic acids is 1. The third kappa shape index (κ3) is 4.53. The summed E-state index contributed by atoms with van der Waals surface area (Å²) in [5, 5.41) is 15.8. The first-order valence-corrected chi connectivity index (χ1v) is 8.24. The van der Waals surface area contributed by atoms with E-state index in [1.165, 1.54) is 0 Å². The van der Waals surface area contributed by atoms with Crippen LogP contribution in [-0.2, 0) is 16.8 Å². The Labute approximate surface area is 140 Å². The molecule has 1 aromatic carbocycles. The molecule has 1 aromatic heterocycles. The van der Waals surface area contributed by atoms with Gasteiger partial charge < -0.3 is 15.2 Å². The molecule has 0 saturated heterocycles. The fourth-order valence-corrected chi connectivity index (χ4v) is 2.88. The first-order chi connectivity index (χ1) is 10.8. The minimum Gasteiger partial charge on any atom is -0.497 e. The van der Waals surface area contributed by atoms with Gasteiger partial charge in [-0.15, -0.1) is 11.3 Å². The third-order valence-electron chi connectivity index (χ3n) is 3.29. The Hall–Kier alpha value is -1.92. The van der Waals surface area contributed by atoms with Crippen LogP contribution in [0.1, 0.15) is 43.1 Å². The minimum atomic E-state index is -1.23. The zero-order valence-electron chi connectivity index (χ0n) is 13.8. The quantitative estimate of drug-likeness (QED) is 0.882. The normalized spacial score (nSPS) is 12.7. The van der Waals surface area contributed by atoms with Crippen molar-refractivity contribution in [3.63, 3.8) is 0 Å². The van der Waals surface area contributed by atoms with E-state index >= 15 is 0 Å². The molecule has 0 fully saturated rings. The van der Waals surface area contributed by atoms with Crippen molar-refractivity contribution >= 4 is 17.2 Å². The molecule has 0 bridgehead atoms. The molecule has 2 rings (SSSR count). The number of aliphatic hydroxyl groups is 1. The van der Waals surface area contributed by atoms with Gasteiger partial charge in [-0.1, -0.05) is 32.9 Å². The number of ether oxygens (including phenoxy) is 1. The van der Waals surface area contributed by atoms with Gasteiger partial charge in [-0.2, -0.15) is 0 Å². The molecule has 1 heterocycles. The second kappa shape index (κ2) is 7.10. The van der Waals surface area contributed by atoms with Gasteiger partial charge in [0.05, 0.1) is 24.4 Å². The molecule has 124 valence electrons. The number of carbonyl (C=O) groups is 1. The van der Waals surface area contributed by atoms with Crippen LogP contribution in [0.2, 0.25) is 0 Å². The lowest BCUT2D eigenvalue weighted by Gasteiger charge is -2.14. The monoisotopic (exact) mass is 334 g/mol. The maximum atomic E-state index is 12.1. The molecule has 0 radical (unpaired) electrons. The Morgan fingerprint density at radius 1 is 1.43 bits per heavy atom. The summed E-state index contributed by atoms with van der Waals surface area (Å²) >= 11 is 1.58. The predicted molar refractivity (Wildman–Crippen MR) is 90.6 cm³/mol. The van der Waals surface area contributed by atoms with E-state index < -0.39 is 12.0 Å². The van der Waals surface area contributed by atoms with Crippen LogP contribution in [0, 0.1) is 0 Å². The van der Waals surface area contributed by atoms with Gasteiger partial charge in [0, 0.05) is 10.8 Å². The highest BCUT2D eigenvalue weighted by Gasteiger charge is 2.20. The summed E-state index contributed by atoms with van der Waals surface area (Å²) < 4.78 is 5.10. The second-order valence-corrected chi connectivity index (χ2v) is 7.15. The van der Waals surface area contributed by atoms with Crippen molar-refractivity contribution in [2.24, 2.45) is 0 Å². The molecule has 1 amide bonds. The Bertz CT molecular complexity index is 676. The van der Waals surface area contributed by atoms with Crippen molar-refractivity contribution in [3.05, 3.63) is 45.9 Å². The summed E-state index contributed by atoms with van der Waals surface area (Å²) in [5.41, 5.74) is 1.29. The molecule has 5 nitrogen and oxygen atoms in total. The van der Waals surface area contributed by atoms with E-state index in [4.69, 9.17) is 4.74 Å². The summed E-state index contributed by atoms with van der Waals surface area (Å²) in [6.07, 6.45) is -1.23. The van der Waals surface area contributed by atoms with Crippen LogP contribution in [0.3, 0.4) is 0 Å². The van der Waals surface area contributed by atoms with Crippen molar-refractivity contribution in [3.8, 4) is 5.75 Å². The fourth-order valence-electron chi connectivity index (χ4n) is 1.97. The Kier molecular flexibility index (Phi) is 5.38. The van der Waals surface area contributed by atoms with Crippen LogP contribution in [0.5, 0.6) is 5.75 Å². The number of amides is 1. The summed E-state index contributed by atoms with van der Waals surface area (Å²) in [6.45, 7) is 6.59. The maximum Gasteiger partial charge on any atom is 0.253 e. The van der Waals surface area contributed by atoms with Crippen molar-refractivity contribution < 1.29 is 14.6 Å². The van der Waals surface area contributed by atoms with Crippen LogP contribution in [-0.4, -0.2) is 23.1 Å². The number of methoxy groups -OCH3 is 1. The van der Waals surface area contributed by atoms with Gasteiger partial charge in [0.1, 0.15) is 5.75 Å². The van der Waals surface area contributed by atoms with Gasteiger partial charge in [0.25, 0.3) is 5.91 Å². The molecule has 2 aromatic rings. The van der Waals surface area contributed by atoms with Crippen LogP contribution in [0.4, 0.5) is 0 Å². The van der Waals surface area contributed by atoms with Gasteiger partial charge in [-0.25, -0.2) is 4.98 Å². The Morgan fingerprint density at radius 3 is 2.78 bits per heavy atom. The highest BCUT2D eigenvalue weighted by atomic mass is 32.1. The lowest BCUT2D eigenvalue weighted by atomic mass is 9.98. The largest absolute Gasteiger partial charge is 0.497 e. The number of aliphatic hydroxyl groups excluding tert-OH is 1. The van der Waals surface area contributed by atoms with Gasteiger partial charge in [0.15, 0.2) is 6.10 Å². The first-order valence-electron chi connectivity index (χ1n) is 7.36. The maximum absolute atomic E-state index is 12.1. The number of benzene rings is 1. The van der Waals surface area contributed by atoms with Crippen molar-refractivity contribution in [1.82, 2.24) is 10.3 Å². The van der Waals surface area contributed by atoms with Gasteiger partial charge in [-0.3, -0.25) is 4.79 Å². The third-order valence-corrected chi connectivity index (χ3v) is 4.61. The van der Waals surface area contributed by atoms with Crippen LogP contribution in [0.15, 0.2) is 29.6 Å². The summed E-state index contributed by atoms with van der Waals surface area (Å²) in [6, 6.07) is 6.83. The number of aromatic nitrogens is 1. The number of hydrogen-bond acceptors (Lipinski definition) is 5. The zero-order valence-corrected chi connectivity index (χ0v) is 14.6. The predicted octanol–water partition coefficient (Wildman–Crippen LogP) is 2.80. The molecule has 0 unspecified atom stereocenters. The molecular formula is C17H22N2O3S. The van der Waals surface area contributed by atoms with E-state index in [2.05, 4.69) is 31.1 Å². The summed E-state index contributed by atoms with van der Waals surface area (Å²) in [5.74, 6) is 0.146. The molecular weight excluding hydrogens is 312 g/mol. The van der Waals surface area contributed by atoms with Crippen LogP contribution >= 0.6 is 11.3 Å².